The summed E-state index contributed by atoms with van der Waals surface area (Å²) in [6.07, 6.45) is 0.763. The Morgan fingerprint density at radius 1 is 1.38 bits per heavy atom. The molecule has 6 heteroatoms. The minimum absolute atomic E-state index is 0.0359. The first-order chi connectivity index (χ1) is 11.4. The first kappa shape index (κ1) is 15.6. The molecular weight excluding hydrogens is 320 g/mol. The number of H-pyrrole nitrogens is 1. The minimum Gasteiger partial charge on any atom is -0.293 e. The second kappa shape index (κ2) is 5.57. The third-order valence-electron chi connectivity index (χ3n) is 4.61. The summed E-state index contributed by atoms with van der Waals surface area (Å²) in [5, 5.41) is 5.34. The van der Waals surface area contributed by atoms with Gasteiger partial charge in [-0.3, -0.25) is 14.8 Å². The van der Waals surface area contributed by atoms with Crippen LogP contribution in [-0.2, 0) is 24.9 Å². The minimum atomic E-state index is -0.0359. The molecule has 1 aliphatic rings. The first-order valence-electron chi connectivity index (χ1n) is 8.30. The highest BCUT2D eigenvalue weighted by molar-refractivity contribution is 7.09. The number of hydrogen-bond acceptors (Lipinski definition) is 4. The van der Waals surface area contributed by atoms with Crippen molar-refractivity contribution in [2.75, 3.05) is 6.54 Å². The molecule has 3 aromatic heterocycles. The SMILES string of the molecule is CC(C)(C)c1cc2nc3c(c(=O)n2[nH]1)CCN(Cc1cccs1)C3. The van der Waals surface area contributed by atoms with E-state index >= 15 is 0 Å². The number of aromatic nitrogens is 3. The summed E-state index contributed by atoms with van der Waals surface area (Å²) in [5.74, 6) is 0. The highest BCUT2D eigenvalue weighted by atomic mass is 32.1. The van der Waals surface area contributed by atoms with E-state index in [0.29, 0.717) is 0 Å². The molecule has 0 spiro atoms. The van der Waals surface area contributed by atoms with Gasteiger partial charge in [0.2, 0.25) is 0 Å². The van der Waals surface area contributed by atoms with Crippen LogP contribution in [0, 0.1) is 0 Å². The molecule has 126 valence electrons. The van der Waals surface area contributed by atoms with Crippen LogP contribution < -0.4 is 5.56 Å². The van der Waals surface area contributed by atoms with Crippen molar-refractivity contribution in [1.29, 1.82) is 0 Å². The van der Waals surface area contributed by atoms with E-state index in [1.807, 2.05) is 6.07 Å². The van der Waals surface area contributed by atoms with Gasteiger partial charge in [-0.05, 0) is 17.9 Å². The van der Waals surface area contributed by atoms with Crippen molar-refractivity contribution in [2.24, 2.45) is 0 Å². The molecule has 1 aliphatic heterocycles. The molecule has 0 aliphatic carbocycles. The van der Waals surface area contributed by atoms with E-state index in [1.54, 1.807) is 15.9 Å². The van der Waals surface area contributed by atoms with Crippen LogP contribution in [0.25, 0.3) is 5.65 Å². The van der Waals surface area contributed by atoms with Crippen LogP contribution in [0.2, 0.25) is 0 Å². The van der Waals surface area contributed by atoms with Crippen LogP contribution in [-0.4, -0.2) is 26.0 Å². The van der Waals surface area contributed by atoms with E-state index in [9.17, 15) is 4.79 Å². The summed E-state index contributed by atoms with van der Waals surface area (Å²) >= 11 is 1.78. The smallest absolute Gasteiger partial charge is 0.276 e. The normalized spacial score (nSPS) is 15.8. The predicted molar refractivity (Wildman–Crippen MR) is 96.6 cm³/mol. The van der Waals surface area contributed by atoms with E-state index in [1.165, 1.54) is 4.88 Å². The Hall–Kier alpha value is -1.92. The van der Waals surface area contributed by atoms with E-state index in [-0.39, 0.29) is 11.0 Å². The van der Waals surface area contributed by atoms with Gasteiger partial charge in [0.15, 0.2) is 5.65 Å². The van der Waals surface area contributed by atoms with Gasteiger partial charge < -0.3 is 0 Å². The molecule has 0 bridgehead atoms. The number of nitrogens with one attached hydrogen (secondary N) is 1. The Balaban J connectivity index is 1.70. The third-order valence-corrected chi connectivity index (χ3v) is 5.47. The molecule has 4 rings (SSSR count). The van der Waals surface area contributed by atoms with Crippen molar-refractivity contribution in [3.05, 3.63) is 55.8 Å². The molecular formula is C18H22N4OS. The van der Waals surface area contributed by atoms with E-state index in [2.05, 4.69) is 48.3 Å². The number of thiophene rings is 1. The zero-order valence-corrected chi connectivity index (χ0v) is 15.1. The largest absolute Gasteiger partial charge is 0.293 e. The van der Waals surface area contributed by atoms with Crippen LogP contribution >= 0.6 is 11.3 Å². The summed E-state index contributed by atoms with van der Waals surface area (Å²) in [5.41, 5.74) is 3.57. The van der Waals surface area contributed by atoms with Gasteiger partial charge in [0, 0.05) is 47.3 Å². The van der Waals surface area contributed by atoms with Crippen LogP contribution in [0.1, 0.15) is 42.6 Å². The summed E-state index contributed by atoms with van der Waals surface area (Å²) in [4.78, 5) is 21.3. The lowest BCUT2D eigenvalue weighted by molar-refractivity contribution is 0.242. The van der Waals surface area contributed by atoms with Crippen LogP contribution in [0.4, 0.5) is 0 Å². The fraction of sp³-hybridized carbons (Fsp3) is 0.444. The van der Waals surface area contributed by atoms with Gasteiger partial charge >= 0.3 is 0 Å². The second-order valence-electron chi connectivity index (χ2n) is 7.50. The van der Waals surface area contributed by atoms with Gasteiger partial charge in [0.05, 0.1) is 5.69 Å². The fourth-order valence-corrected chi connectivity index (χ4v) is 3.94. The molecule has 0 fully saturated rings. The van der Waals surface area contributed by atoms with Gasteiger partial charge in [0.1, 0.15) is 0 Å². The standard InChI is InChI=1S/C18H22N4OS/c1-18(2,3)15-9-16-19-14-11-21(10-12-5-4-8-24-12)7-6-13(14)17(23)22(16)20-15/h4-5,8-9,20H,6-7,10-11H2,1-3H3. The summed E-state index contributed by atoms with van der Waals surface area (Å²) < 4.78 is 1.61. The van der Waals surface area contributed by atoms with Crippen molar-refractivity contribution >= 4 is 17.0 Å². The molecule has 24 heavy (non-hydrogen) atoms. The number of rotatable bonds is 2. The summed E-state index contributed by atoms with van der Waals surface area (Å²) in [7, 11) is 0. The van der Waals surface area contributed by atoms with Gasteiger partial charge in [-0.2, -0.15) is 0 Å². The van der Waals surface area contributed by atoms with Crippen molar-refractivity contribution in [2.45, 2.75) is 45.7 Å². The van der Waals surface area contributed by atoms with Gasteiger partial charge in [-0.15, -0.1) is 11.3 Å². The lowest BCUT2D eigenvalue weighted by atomic mass is 9.93. The highest BCUT2D eigenvalue weighted by Crippen LogP contribution is 2.23. The lowest BCUT2D eigenvalue weighted by Gasteiger charge is -2.26. The number of hydrogen-bond donors (Lipinski definition) is 1. The number of fused-ring (bicyclic) bond motifs is 2. The first-order valence-corrected chi connectivity index (χ1v) is 9.18. The quantitative estimate of drug-likeness (QED) is 0.779. The molecule has 0 atom stereocenters. The molecule has 1 N–H and O–H groups in total. The Morgan fingerprint density at radius 3 is 2.92 bits per heavy atom. The Labute approximate surface area is 144 Å². The van der Waals surface area contributed by atoms with Gasteiger partial charge in [-0.25, -0.2) is 9.50 Å². The zero-order valence-electron chi connectivity index (χ0n) is 14.3. The summed E-state index contributed by atoms with van der Waals surface area (Å²) in [6.45, 7) is 8.97. The van der Waals surface area contributed by atoms with E-state index in [4.69, 9.17) is 4.98 Å². The molecule has 0 saturated heterocycles. The van der Waals surface area contributed by atoms with E-state index < -0.39 is 0 Å². The predicted octanol–water partition coefficient (Wildman–Crippen LogP) is 2.94. The van der Waals surface area contributed by atoms with Crippen LogP contribution in [0.5, 0.6) is 0 Å². The average Bonchev–Trinajstić information content (AvgIpc) is 3.16. The maximum absolute atomic E-state index is 12.8. The molecule has 0 unspecified atom stereocenters. The Morgan fingerprint density at radius 2 is 2.21 bits per heavy atom. The molecule has 0 amide bonds. The van der Waals surface area contributed by atoms with Gasteiger partial charge in [-0.1, -0.05) is 26.8 Å². The molecule has 5 nitrogen and oxygen atoms in total. The maximum Gasteiger partial charge on any atom is 0.276 e. The van der Waals surface area contributed by atoms with Crippen molar-refractivity contribution in [1.82, 2.24) is 19.5 Å². The molecule has 0 aromatic carbocycles. The molecule has 0 saturated carbocycles. The molecule has 3 aromatic rings. The average molecular weight is 342 g/mol. The fourth-order valence-electron chi connectivity index (χ4n) is 3.19. The number of aromatic amines is 1. The van der Waals surface area contributed by atoms with Crippen molar-refractivity contribution < 1.29 is 0 Å². The lowest BCUT2D eigenvalue weighted by Crippen LogP contribution is -2.35. The zero-order chi connectivity index (χ0) is 16.9. The second-order valence-corrected chi connectivity index (χ2v) is 8.53. The summed E-state index contributed by atoms with van der Waals surface area (Å²) in [6, 6.07) is 6.24. The van der Waals surface area contributed by atoms with Crippen LogP contribution in [0.3, 0.4) is 0 Å². The molecule has 0 radical (unpaired) electrons. The van der Waals surface area contributed by atoms with Crippen molar-refractivity contribution in [3.8, 4) is 0 Å². The molecule has 4 heterocycles. The topological polar surface area (TPSA) is 53.4 Å². The third kappa shape index (κ3) is 2.70. The number of nitrogens with zero attached hydrogens (tertiary/aromatic N) is 3. The highest BCUT2D eigenvalue weighted by Gasteiger charge is 2.24. The monoisotopic (exact) mass is 342 g/mol. The Bertz CT molecular complexity index is 930. The Kier molecular flexibility index (Phi) is 3.62. The maximum atomic E-state index is 12.8. The van der Waals surface area contributed by atoms with Gasteiger partial charge in [0.25, 0.3) is 5.56 Å². The van der Waals surface area contributed by atoms with Crippen LogP contribution in [0.15, 0.2) is 28.4 Å². The van der Waals surface area contributed by atoms with Crippen molar-refractivity contribution in [3.63, 3.8) is 0 Å². The van der Waals surface area contributed by atoms with E-state index in [0.717, 1.165) is 48.7 Å².